The summed E-state index contributed by atoms with van der Waals surface area (Å²) in [5.41, 5.74) is 1.91. The third-order valence-corrected chi connectivity index (χ3v) is 3.53. The Bertz CT molecular complexity index is 502. The fourth-order valence-corrected chi connectivity index (χ4v) is 2.40. The number of aliphatic carboxylic acids is 1. The predicted molar refractivity (Wildman–Crippen MR) is 88.0 cm³/mol. The van der Waals surface area contributed by atoms with Gasteiger partial charge in [-0.15, -0.1) is 0 Å². The average molecular weight is 306 g/mol. The quantitative estimate of drug-likeness (QED) is 0.655. The number of carbonyl (C=O) groups is 2. The Balaban J connectivity index is 2.55. The zero-order valence-electron chi connectivity index (χ0n) is 13.6. The van der Waals surface area contributed by atoms with Crippen molar-refractivity contribution in [2.24, 2.45) is 0 Å². The van der Waals surface area contributed by atoms with Crippen molar-refractivity contribution in [3.05, 3.63) is 29.8 Å². The van der Waals surface area contributed by atoms with E-state index in [2.05, 4.69) is 10.6 Å². The molecule has 3 N–H and O–H groups in total. The Morgan fingerprint density at radius 2 is 1.91 bits per heavy atom. The summed E-state index contributed by atoms with van der Waals surface area (Å²) in [6.45, 7) is 5.81. The molecule has 1 amide bonds. The van der Waals surface area contributed by atoms with Gasteiger partial charge in [-0.3, -0.25) is 9.59 Å². The molecule has 0 aliphatic rings. The zero-order valence-corrected chi connectivity index (χ0v) is 13.6. The van der Waals surface area contributed by atoms with Crippen molar-refractivity contribution in [1.29, 1.82) is 0 Å². The van der Waals surface area contributed by atoms with Crippen molar-refractivity contribution < 1.29 is 14.7 Å². The van der Waals surface area contributed by atoms with Crippen molar-refractivity contribution in [1.82, 2.24) is 5.32 Å². The molecule has 0 aliphatic heterocycles. The maximum Gasteiger partial charge on any atom is 0.320 e. The van der Waals surface area contributed by atoms with Crippen LogP contribution in [0.5, 0.6) is 0 Å². The van der Waals surface area contributed by atoms with Crippen molar-refractivity contribution in [2.75, 3.05) is 5.32 Å². The zero-order chi connectivity index (χ0) is 16.5. The molecular formula is C17H26N2O3. The summed E-state index contributed by atoms with van der Waals surface area (Å²) in [6.07, 6.45) is 2.43. The number of rotatable bonds is 9. The standard InChI is InChI=1S/C17H26N2O3/c1-4-8-15(17(21)22)18-12(3)11-16(20)19-14-10-7-6-9-13(14)5-2/h6-7,9-10,12,15,18H,4-5,8,11H2,1-3H3,(H,19,20)(H,21,22). The largest absolute Gasteiger partial charge is 0.480 e. The molecule has 0 fully saturated rings. The van der Waals surface area contributed by atoms with Gasteiger partial charge in [-0.1, -0.05) is 38.5 Å². The fourth-order valence-electron chi connectivity index (χ4n) is 2.40. The Kier molecular flexibility index (Phi) is 7.60. The Hall–Kier alpha value is -1.88. The molecule has 122 valence electrons. The van der Waals surface area contributed by atoms with Crippen molar-refractivity contribution in [2.45, 2.75) is 58.5 Å². The van der Waals surface area contributed by atoms with E-state index in [0.717, 1.165) is 24.1 Å². The molecule has 0 aromatic heterocycles. The van der Waals surface area contributed by atoms with Crippen molar-refractivity contribution >= 4 is 17.6 Å². The summed E-state index contributed by atoms with van der Waals surface area (Å²) in [4.78, 5) is 23.2. The molecule has 2 atom stereocenters. The number of benzene rings is 1. The maximum atomic E-state index is 12.1. The first-order chi connectivity index (χ1) is 10.5. The topological polar surface area (TPSA) is 78.4 Å². The van der Waals surface area contributed by atoms with Crippen molar-refractivity contribution in [3.63, 3.8) is 0 Å². The van der Waals surface area contributed by atoms with E-state index >= 15 is 0 Å². The van der Waals surface area contributed by atoms with E-state index in [1.54, 1.807) is 0 Å². The first-order valence-corrected chi connectivity index (χ1v) is 7.84. The highest BCUT2D eigenvalue weighted by molar-refractivity contribution is 5.91. The molecule has 0 saturated carbocycles. The van der Waals surface area contributed by atoms with E-state index < -0.39 is 12.0 Å². The highest BCUT2D eigenvalue weighted by Crippen LogP contribution is 2.15. The SMILES string of the molecule is CCCC(NC(C)CC(=O)Nc1ccccc1CC)C(=O)O. The molecule has 0 spiro atoms. The van der Waals surface area contributed by atoms with Crippen LogP contribution in [0.4, 0.5) is 5.69 Å². The van der Waals surface area contributed by atoms with Gasteiger partial charge in [0.1, 0.15) is 6.04 Å². The number of carboxylic acids is 1. The monoisotopic (exact) mass is 306 g/mol. The molecule has 0 bridgehead atoms. The van der Waals surface area contributed by atoms with Gasteiger partial charge in [0.25, 0.3) is 0 Å². The van der Waals surface area contributed by atoms with E-state index in [1.807, 2.05) is 45.0 Å². The van der Waals surface area contributed by atoms with Crippen LogP contribution in [0.25, 0.3) is 0 Å². The molecule has 0 aliphatic carbocycles. The third kappa shape index (κ3) is 5.85. The van der Waals surface area contributed by atoms with Crippen LogP contribution in [0.15, 0.2) is 24.3 Å². The summed E-state index contributed by atoms with van der Waals surface area (Å²) in [5.74, 6) is -0.980. The second kappa shape index (κ2) is 9.20. The van der Waals surface area contributed by atoms with Gasteiger partial charge in [0.15, 0.2) is 0 Å². The number of nitrogens with one attached hydrogen (secondary N) is 2. The number of para-hydroxylation sites is 1. The van der Waals surface area contributed by atoms with Crippen LogP contribution in [-0.2, 0) is 16.0 Å². The van der Waals surface area contributed by atoms with E-state index in [4.69, 9.17) is 5.11 Å². The van der Waals surface area contributed by atoms with Gasteiger partial charge in [0, 0.05) is 18.2 Å². The van der Waals surface area contributed by atoms with E-state index in [9.17, 15) is 9.59 Å². The fraction of sp³-hybridized carbons (Fsp3) is 0.529. The maximum absolute atomic E-state index is 12.1. The lowest BCUT2D eigenvalue weighted by Gasteiger charge is -2.19. The highest BCUT2D eigenvalue weighted by atomic mass is 16.4. The van der Waals surface area contributed by atoms with E-state index in [1.165, 1.54) is 0 Å². The number of hydrogen-bond acceptors (Lipinski definition) is 3. The number of carboxylic acid groups (broad SMARTS) is 1. The lowest BCUT2D eigenvalue weighted by atomic mass is 10.1. The molecule has 2 unspecified atom stereocenters. The molecule has 5 nitrogen and oxygen atoms in total. The summed E-state index contributed by atoms with van der Waals surface area (Å²) in [5, 5.41) is 15.0. The number of aryl methyl sites for hydroxylation is 1. The molecule has 0 saturated heterocycles. The van der Waals surface area contributed by atoms with Gasteiger partial charge in [-0.25, -0.2) is 0 Å². The normalized spacial score (nSPS) is 13.4. The lowest BCUT2D eigenvalue weighted by molar-refractivity contribution is -0.140. The Morgan fingerprint density at radius 1 is 1.23 bits per heavy atom. The van der Waals surface area contributed by atoms with Gasteiger partial charge in [-0.05, 0) is 31.4 Å². The number of amides is 1. The number of carbonyl (C=O) groups excluding carboxylic acids is 1. The van der Waals surface area contributed by atoms with Gasteiger partial charge in [0.2, 0.25) is 5.91 Å². The average Bonchev–Trinajstić information content (AvgIpc) is 2.47. The first kappa shape index (κ1) is 18.2. The Morgan fingerprint density at radius 3 is 2.50 bits per heavy atom. The minimum absolute atomic E-state index is 0.110. The molecular weight excluding hydrogens is 280 g/mol. The number of anilines is 1. The molecule has 22 heavy (non-hydrogen) atoms. The third-order valence-electron chi connectivity index (χ3n) is 3.53. The highest BCUT2D eigenvalue weighted by Gasteiger charge is 2.20. The molecule has 5 heteroatoms. The molecule has 1 aromatic rings. The van der Waals surface area contributed by atoms with Crippen LogP contribution >= 0.6 is 0 Å². The van der Waals surface area contributed by atoms with Crippen LogP contribution in [0.2, 0.25) is 0 Å². The number of hydrogen-bond donors (Lipinski definition) is 3. The summed E-state index contributed by atoms with van der Waals surface area (Å²) < 4.78 is 0. The van der Waals surface area contributed by atoms with E-state index in [-0.39, 0.29) is 18.4 Å². The smallest absolute Gasteiger partial charge is 0.320 e. The second-order valence-electron chi connectivity index (χ2n) is 5.51. The summed E-state index contributed by atoms with van der Waals surface area (Å²) in [7, 11) is 0. The molecule has 0 heterocycles. The van der Waals surface area contributed by atoms with Crippen LogP contribution < -0.4 is 10.6 Å². The second-order valence-corrected chi connectivity index (χ2v) is 5.51. The van der Waals surface area contributed by atoms with Crippen LogP contribution in [0.3, 0.4) is 0 Å². The minimum atomic E-state index is -0.870. The molecule has 1 rings (SSSR count). The van der Waals surface area contributed by atoms with Gasteiger partial charge in [0.05, 0.1) is 0 Å². The predicted octanol–water partition coefficient (Wildman–Crippen LogP) is 2.81. The van der Waals surface area contributed by atoms with Crippen LogP contribution in [0.1, 0.15) is 45.6 Å². The van der Waals surface area contributed by atoms with E-state index in [0.29, 0.717) is 6.42 Å². The van der Waals surface area contributed by atoms with Gasteiger partial charge >= 0.3 is 5.97 Å². The molecule has 1 aromatic carbocycles. The first-order valence-electron chi connectivity index (χ1n) is 7.84. The Labute approximate surface area is 132 Å². The van der Waals surface area contributed by atoms with Crippen LogP contribution in [-0.4, -0.2) is 29.1 Å². The van der Waals surface area contributed by atoms with Gasteiger partial charge in [-0.2, -0.15) is 0 Å². The molecule has 0 radical (unpaired) electrons. The van der Waals surface area contributed by atoms with Crippen molar-refractivity contribution in [3.8, 4) is 0 Å². The van der Waals surface area contributed by atoms with Crippen LogP contribution in [0, 0.1) is 0 Å². The summed E-state index contributed by atoms with van der Waals surface area (Å²) in [6, 6.07) is 6.90. The minimum Gasteiger partial charge on any atom is -0.480 e. The lowest BCUT2D eigenvalue weighted by Crippen LogP contribution is -2.43. The van der Waals surface area contributed by atoms with Gasteiger partial charge < -0.3 is 15.7 Å². The summed E-state index contributed by atoms with van der Waals surface area (Å²) >= 11 is 0.